The van der Waals surface area contributed by atoms with Crippen LogP contribution in [0.4, 0.5) is 28.0 Å². The summed E-state index contributed by atoms with van der Waals surface area (Å²) in [5, 5.41) is 1.58. The van der Waals surface area contributed by atoms with Crippen molar-refractivity contribution < 1.29 is 41.4 Å². The summed E-state index contributed by atoms with van der Waals surface area (Å²) >= 11 is 0. The third-order valence-electron chi connectivity index (χ3n) is 5.14. The minimum atomic E-state index is -1.50. The number of nitrogens with one attached hydrogen (secondary N) is 1. The SMILES string of the molecule is CCOC(=O)c1cn(-c2cc(NC(=O)OC(C)(C)C)c(F)cc2F)c2c(C)c(F)c(F)c(OC)c2c1=O. The quantitative estimate of drug-likeness (QED) is 0.355. The van der Waals surface area contributed by atoms with Gasteiger partial charge in [0, 0.05) is 17.8 Å². The number of carbonyl (C=O) groups excluding carboxylic acids is 2. The molecule has 1 N–H and O–H groups in total. The van der Waals surface area contributed by atoms with E-state index in [0.29, 0.717) is 6.07 Å². The lowest BCUT2D eigenvalue weighted by Gasteiger charge is -2.21. The highest BCUT2D eigenvalue weighted by Gasteiger charge is 2.28. The smallest absolute Gasteiger partial charge is 0.412 e. The number of fused-ring (bicyclic) bond motifs is 1. The Morgan fingerprint density at radius 2 is 1.70 bits per heavy atom. The maximum Gasteiger partial charge on any atom is 0.412 e. The van der Waals surface area contributed by atoms with E-state index in [0.717, 1.165) is 30.9 Å². The number of pyridine rings is 1. The van der Waals surface area contributed by atoms with E-state index in [9.17, 15) is 27.6 Å². The molecular formula is C25H24F4N2O6. The number of benzene rings is 2. The molecule has 12 heteroatoms. The zero-order valence-corrected chi connectivity index (χ0v) is 20.8. The summed E-state index contributed by atoms with van der Waals surface area (Å²) in [4.78, 5) is 37.9. The van der Waals surface area contributed by atoms with E-state index in [-0.39, 0.29) is 12.1 Å². The predicted molar refractivity (Wildman–Crippen MR) is 126 cm³/mol. The third-order valence-corrected chi connectivity index (χ3v) is 5.14. The van der Waals surface area contributed by atoms with Gasteiger partial charge < -0.3 is 18.8 Å². The van der Waals surface area contributed by atoms with Crippen molar-refractivity contribution in [1.82, 2.24) is 4.57 Å². The minimum Gasteiger partial charge on any atom is -0.493 e. The van der Waals surface area contributed by atoms with Gasteiger partial charge in [-0.2, -0.15) is 4.39 Å². The van der Waals surface area contributed by atoms with Gasteiger partial charge in [-0.25, -0.2) is 22.8 Å². The van der Waals surface area contributed by atoms with Crippen LogP contribution in [0.15, 0.2) is 23.1 Å². The molecule has 0 unspecified atom stereocenters. The van der Waals surface area contributed by atoms with Gasteiger partial charge in [-0.1, -0.05) is 0 Å². The fourth-order valence-electron chi connectivity index (χ4n) is 3.64. The lowest BCUT2D eigenvalue weighted by molar-refractivity contribution is 0.0523. The van der Waals surface area contributed by atoms with Crippen molar-refractivity contribution in [3.05, 3.63) is 62.9 Å². The second-order valence-corrected chi connectivity index (χ2v) is 8.88. The first kappa shape index (κ1) is 27.5. The molecular weight excluding hydrogens is 500 g/mol. The lowest BCUT2D eigenvalue weighted by atomic mass is 10.0. The van der Waals surface area contributed by atoms with Crippen molar-refractivity contribution in [3.8, 4) is 11.4 Å². The Kier molecular flexibility index (Phi) is 7.51. The number of carbonyl (C=O) groups is 2. The molecule has 1 amide bonds. The number of halogens is 4. The molecule has 3 rings (SSSR count). The molecule has 8 nitrogen and oxygen atoms in total. The van der Waals surface area contributed by atoms with Gasteiger partial charge in [0.1, 0.15) is 22.8 Å². The van der Waals surface area contributed by atoms with Gasteiger partial charge in [0.15, 0.2) is 11.6 Å². The van der Waals surface area contributed by atoms with Gasteiger partial charge in [-0.15, -0.1) is 0 Å². The number of hydrogen-bond donors (Lipinski definition) is 1. The van der Waals surface area contributed by atoms with E-state index in [4.69, 9.17) is 14.2 Å². The highest BCUT2D eigenvalue weighted by molar-refractivity contribution is 5.98. The van der Waals surface area contributed by atoms with Crippen LogP contribution in [0.2, 0.25) is 0 Å². The Morgan fingerprint density at radius 1 is 1.05 bits per heavy atom. The van der Waals surface area contributed by atoms with Gasteiger partial charge in [-0.05, 0) is 40.7 Å². The molecule has 2 aromatic carbocycles. The van der Waals surface area contributed by atoms with E-state index < -0.39 is 80.0 Å². The summed E-state index contributed by atoms with van der Waals surface area (Å²) in [6, 6.07) is 1.28. The summed E-state index contributed by atoms with van der Waals surface area (Å²) in [7, 11) is 0.981. The zero-order chi connectivity index (χ0) is 27.8. The van der Waals surface area contributed by atoms with Gasteiger partial charge in [0.05, 0.1) is 36.0 Å². The summed E-state index contributed by atoms with van der Waals surface area (Å²) in [5.41, 5.74) is -4.46. The normalized spacial score (nSPS) is 11.4. The fourth-order valence-corrected chi connectivity index (χ4v) is 3.64. The number of amides is 1. The third kappa shape index (κ3) is 5.23. The molecule has 0 saturated heterocycles. The van der Waals surface area contributed by atoms with Crippen LogP contribution in [0, 0.1) is 30.2 Å². The summed E-state index contributed by atoms with van der Waals surface area (Å²) in [6.07, 6.45) is -0.188. The molecule has 0 spiro atoms. The monoisotopic (exact) mass is 524 g/mol. The molecule has 0 bridgehead atoms. The first-order chi connectivity index (χ1) is 17.2. The number of nitrogens with zero attached hydrogens (tertiary/aromatic N) is 1. The number of esters is 1. The summed E-state index contributed by atoms with van der Waals surface area (Å²) < 4.78 is 75.0. The Bertz CT molecular complexity index is 1480. The van der Waals surface area contributed by atoms with Gasteiger partial charge in [0.25, 0.3) is 0 Å². The standard InChI is InChI=1S/C25H24F4N2O6/c1-7-36-23(33)12-10-31(20-11(2)18(28)19(29)22(35-6)17(20)21(12)32)16-9-15(13(26)8-14(16)27)30-24(34)37-25(3,4)5/h8-10H,7H2,1-6H3,(H,30,34). The number of rotatable bonds is 5. The molecule has 198 valence electrons. The lowest BCUT2D eigenvalue weighted by Crippen LogP contribution is -2.27. The number of methoxy groups -OCH3 is 1. The van der Waals surface area contributed by atoms with Gasteiger partial charge in [0.2, 0.25) is 11.2 Å². The highest BCUT2D eigenvalue weighted by Crippen LogP contribution is 2.35. The first-order valence-electron chi connectivity index (χ1n) is 11.0. The highest BCUT2D eigenvalue weighted by atomic mass is 19.2. The first-order valence-corrected chi connectivity index (χ1v) is 11.0. The molecule has 0 saturated carbocycles. The van der Waals surface area contributed by atoms with Crippen LogP contribution in [0.5, 0.6) is 5.75 Å². The van der Waals surface area contributed by atoms with Crippen LogP contribution in [0.25, 0.3) is 16.6 Å². The summed E-state index contributed by atoms with van der Waals surface area (Å²) in [5.74, 6) is -7.22. The van der Waals surface area contributed by atoms with Crippen LogP contribution in [-0.4, -0.2) is 35.9 Å². The molecule has 3 aromatic rings. The number of ether oxygens (including phenoxy) is 3. The zero-order valence-electron chi connectivity index (χ0n) is 20.8. The van der Waals surface area contributed by atoms with Crippen molar-refractivity contribution in [3.63, 3.8) is 0 Å². The largest absolute Gasteiger partial charge is 0.493 e. The van der Waals surface area contributed by atoms with E-state index in [1.165, 1.54) is 6.92 Å². The number of aryl methyl sites for hydroxylation is 1. The second-order valence-electron chi connectivity index (χ2n) is 8.88. The van der Waals surface area contributed by atoms with Gasteiger partial charge >= 0.3 is 12.1 Å². The Morgan fingerprint density at radius 3 is 2.27 bits per heavy atom. The maximum atomic E-state index is 15.1. The molecule has 1 heterocycles. The average Bonchev–Trinajstić information content (AvgIpc) is 2.79. The van der Waals surface area contributed by atoms with E-state index in [1.807, 2.05) is 0 Å². The molecule has 0 atom stereocenters. The number of hydrogen-bond acceptors (Lipinski definition) is 6. The van der Waals surface area contributed by atoms with Crippen LogP contribution in [0.1, 0.15) is 43.6 Å². The van der Waals surface area contributed by atoms with E-state index >= 15 is 4.39 Å². The van der Waals surface area contributed by atoms with Gasteiger partial charge in [-0.3, -0.25) is 10.1 Å². The average molecular weight is 524 g/mol. The molecule has 0 aliphatic heterocycles. The topological polar surface area (TPSA) is 95.9 Å². The van der Waals surface area contributed by atoms with Crippen molar-refractivity contribution >= 4 is 28.7 Å². The van der Waals surface area contributed by atoms with Crippen LogP contribution < -0.4 is 15.5 Å². The van der Waals surface area contributed by atoms with Crippen LogP contribution in [0.3, 0.4) is 0 Å². The van der Waals surface area contributed by atoms with Crippen molar-refractivity contribution in [2.75, 3.05) is 19.0 Å². The second kappa shape index (κ2) is 10.1. The Hall–Kier alpha value is -4.09. The minimum absolute atomic E-state index is 0.126. The van der Waals surface area contributed by atoms with Crippen molar-refractivity contribution in [2.45, 2.75) is 40.2 Å². The van der Waals surface area contributed by atoms with Crippen LogP contribution >= 0.6 is 0 Å². The molecule has 37 heavy (non-hydrogen) atoms. The molecule has 0 aliphatic rings. The van der Waals surface area contributed by atoms with Crippen molar-refractivity contribution in [1.29, 1.82) is 0 Å². The molecule has 1 aromatic heterocycles. The van der Waals surface area contributed by atoms with Crippen LogP contribution in [-0.2, 0) is 9.47 Å². The maximum absolute atomic E-state index is 15.1. The fraction of sp³-hybridized carbons (Fsp3) is 0.320. The van der Waals surface area contributed by atoms with E-state index in [1.54, 1.807) is 20.8 Å². The number of aromatic nitrogens is 1. The number of anilines is 1. The van der Waals surface area contributed by atoms with E-state index in [2.05, 4.69) is 5.32 Å². The van der Waals surface area contributed by atoms with Crippen molar-refractivity contribution in [2.24, 2.45) is 0 Å². The Balaban J connectivity index is 2.42. The molecule has 0 fully saturated rings. The Labute approximate surface area is 208 Å². The summed E-state index contributed by atoms with van der Waals surface area (Å²) in [6.45, 7) is 7.21. The molecule has 0 radical (unpaired) electrons. The molecule has 0 aliphatic carbocycles. The predicted octanol–water partition coefficient (Wildman–Crippen LogP) is 5.39.